The van der Waals surface area contributed by atoms with E-state index >= 15 is 0 Å². The molecule has 0 radical (unpaired) electrons. The molecule has 2 atom stereocenters. The minimum Gasteiger partial charge on any atom is -0.462 e. The monoisotopic (exact) mass is 825 g/mol. The van der Waals surface area contributed by atoms with Crippen LogP contribution in [0.2, 0.25) is 0 Å². The normalized spacial score (nSPS) is 14.9. The van der Waals surface area contributed by atoms with Gasteiger partial charge in [0.25, 0.3) is 0 Å². The van der Waals surface area contributed by atoms with Crippen LogP contribution in [-0.2, 0) is 32.7 Å². The Balaban J connectivity index is 4.57. The van der Waals surface area contributed by atoms with Crippen LogP contribution in [0.25, 0.3) is 0 Å². The maximum Gasteiger partial charge on any atom is 0.472 e. The molecule has 1 N–H and O–H groups in total. The Hall–Kier alpha value is -3.85. The van der Waals surface area contributed by atoms with E-state index in [2.05, 4.69) is 92.8 Å². The smallest absolute Gasteiger partial charge is 0.462 e. The van der Waals surface area contributed by atoms with Crippen LogP contribution in [0.15, 0.2) is 134 Å². The van der Waals surface area contributed by atoms with E-state index in [-0.39, 0.29) is 26.1 Å². The predicted octanol–water partition coefficient (Wildman–Crippen LogP) is 11.9. The van der Waals surface area contributed by atoms with Crippen LogP contribution in [0.4, 0.5) is 0 Å². The Kier molecular flexibility index (Phi) is 36.1. The molecule has 0 saturated heterocycles. The number of ether oxygens (including phenoxy) is 2. The molecule has 0 aromatic carbocycles. The first-order valence-corrected chi connectivity index (χ1v) is 22.5. The highest BCUT2D eigenvalue weighted by Crippen LogP contribution is 2.43. The lowest BCUT2D eigenvalue weighted by molar-refractivity contribution is -0.870. The maximum absolute atomic E-state index is 12.6. The first kappa shape index (κ1) is 54.2. The highest BCUT2D eigenvalue weighted by Gasteiger charge is 2.27. The third kappa shape index (κ3) is 41.8. The quantitative estimate of drug-likeness (QED) is 0.0168. The summed E-state index contributed by atoms with van der Waals surface area (Å²) in [5.74, 6) is -0.955. The molecule has 0 saturated carbocycles. The molecule has 9 nitrogen and oxygen atoms in total. The number of rotatable bonds is 35. The van der Waals surface area contributed by atoms with Gasteiger partial charge in [0.2, 0.25) is 0 Å². The number of quaternary nitrogens is 1. The Labute approximate surface area is 351 Å². The second kappa shape index (κ2) is 38.7. The lowest BCUT2D eigenvalue weighted by atomic mass is 10.2. The minimum absolute atomic E-state index is 0.00196. The van der Waals surface area contributed by atoms with Gasteiger partial charge in [0.1, 0.15) is 19.8 Å². The first-order valence-electron chi connectivity index (χ1n) is 21.0. The molecule has 0 aliphatic carbocycles. The van der Waals surface area contributed by atoms with Gasteiger partial charge in [-0.25, -0.2) is 4.57 Å². The highest BCUT2D eigenvalue weighted by atomic mass is 31.2. The molecule has 0 spiro atoms. The molecular formula is C48H75NO8P+. The SMILES string of the molecule is CC/C=C/C=C/C=C/C=C/C=C/CCCC(=O)OC(COC(=O)CCCC/C=C/C/C=C/C/C=C/C/C=C/C/C=C/C/C=C/CC)COP(=O)(O)OCC[N+](C)(C)C. The van der Waals surface area contributed by atoms with Gasteiger partial charge in [0.05, 0.1) is 27.7 Å². The van der Waals surface area contributed by atoms with Gasteiger partial charge in [-0.05, 0) is 77.0 Å². The second-order valence-electron chi connectivity index (χ2n) is 14.4. The zero-order chi connectivity index (χ0) is 42.8. The van der Waals surface area contributed by atoms with Gasteiger partial charge in [-0.15, -0.1) is 0 Å². The number of carbonyl (C=O) groups excluding carboxylic acids is 2. The van der Waals surface area contributed by atoms with Crippen LogP contribution < -0.4 is 0 Å². The molecule has 10 heteroatoms. The average molecular weight is 825 g/mol. The number of carbonyl (C=O) groups is 2. The highest BCUT2D eigenvalue weighted by molar-refractivity contribution is 7.47. The Morgan fingerprint density at radius 3 is 1.55 bits per heavy atom. The van der Waals surface area contributed by atoms with E-state index in [1.807, 2.05) is 75.8 Å². The number of allylic oxidation sites excluding steroid dienone is 22. The number of phosphoric ester groups is 1. The molecule has 2 unspecified atom stereocenters. The fraction of sp³-hybridized carbons (Fsp3) is 0.500. The van der Waals surface area contributed by atoms with Crippen molar-refractivity contribution >= 4 is 19.8 Å². The van der Waals surface area contributed by atoms with E-state index < -0.39 is 32.5 Å². The average Bonchev–Trinajstić information content (AvgIpc) is 3.17. The van der Waals surface area contributed by atoms with Gasteiger partial charge >= 0.3 is 19.8 Å². The largest absolute Gasteiger partial charge is 0.472 e. The summed E-state index contributed by atoms with van der Waals surface area (Å²) >= 11 is 0. The number of unbranched alkanes of at least 4 members (excludes halogenated alkanes) is 3. The number of hydrogen-bond acceptors (Lipinski definition) is 7. The van der Waals surface area contributed by atoms with Crippen molar-refractivity contribution in [3.8, 4) is 0 Å². The van der Waals surface area contributed by atoms with E-state index in [9.17, 15) is 19.0 Å². The van der Waals surface area contributed by atoms with Gasteiger partial charge < -0.3 is 18.9 Å². The summed E-state index contributed by atoms with van der Waals surface area (Å²) in [7, 11) is 1.37. The van der Waals surface area contributed by atoms with E-state index in [4.69, 9.17) is 18.5 Å². The van der Waals surface area contributed by atoms with Crippen molar-refractivity contribution < 1.29 is 42.1 Å². The number of nitrogens with zero attached hydrogens (tertiary/aromatic N) is 1. The van der Waals surface area contributed by atoms with Crippen LogP contribution in [0.1, 0.15) is 104 Å². The molecule has 58 heavy (non-hydrogen) atoms. The summed E-state index contributed by atoms with van der Waals surface area (Å²) in [4.78, 5) is 35.3. The molecule has 0 rings (SSSR count). The van der Waals surface area contributed by atoms with E-state index in [0.717, 1.165) is 57.8 Å². The van der Waals surface area contributed by atoms with Gasteiger partial charge in [0.15, 0.2) is 6.10 Å². The van der Waals surface area contributed by atoms with Crippen molar-refractivity contribution in [3.63, 3.8) is 0 Å². The Bertz CT molecular complexity index is 1440. The predicted molar refractivity (Wildman–Crippen MR) is 242 cm³/mol. The fourth-order valence-electron chi connectivity index (χ4n) is 4.57. The standard InChI is InChI=1S/C48H74NO8P/c1-6-8-10-12-14-16-18-20-21-22-23-24-25-26-27-29-30-32-34-36-38-40-47(50)54-44-46(45-56-58(52,53)55-43-42-49(3,4)5)57-48(51)41-39-37-35-33-31-28-19-17-15-13-11-9-7-2/h8-11,13-17,19-21,23-24,26-28,30-33,35,46H,6-7,12,18,22,25,29,34,36-45H2,1-5H3/p+1/b10-8+,11-9+,15-13+,16-14+,19-17+,21-20+,24-23+,27-26+,31-28+,32-30+,35-33+. The Morgan fingerprint density at radius 1 is 0.552 bits per heavy atom. The molecule has 324 valence electrons. The van der Waals surface area contributed by atoms with Crippen LogP contribution in [0.5, 0.6) is 0 Å². The zero-order valence-electron chi connectivity index (χ0n) is 36.2. The molecular weight excluding hydrogens is 750 g/mol. The summed E-state index contributed by atoms with van der Waals surface area (Å²) < 4.78 is 34.1. The fourth-order valence-corrected chi connectivity index (χ4v) is 5.31. The zero-order valence-corrected chi connectivity index (χ0v) is 37.1. The third-order valence-corrected chi connectivity index (χ3v) is 8.79. The van der Waals surface area contributed by atoms with Crippen molar-refractivity contribution in [1.29, 1.82) is 0 Å². The van der Waals surface area contributed by atoms with E-state index in [1.165, 1.54) is 0 Å². The van der Waals surface area contributed by atoms with Crippen molar-refractivity contribution in [2.45, 2.75) is 110 Å². The van der Waals surface area contributed by atoms with Gasteiger partial charge in [0, 0.05) is 12.8 Å². The minimum atomic E-state index is -4.41. The van der Waals surface area contributed by atoms with Crippen molar-refractivity contribution in [3.05, 3.63) is 134 Å². The van der Waals surface area contributed by atoms with Crippen molar-refractivity contribution in [1.82, 2.24) is 0 Å². The molecule has 0 aromatic rings. The van der Waals surface area contributed by atoms with Crippen LogP contribution in [-0.4, -0.2) is 74.9 Å². The summed E-state index contributed by atoms with van der Waals surface area (Å²) in [6.45, 7) is 3.97. The lowest BCUT2D eigenvalue weighted by Gasteiger charge is -2.24. The second-order valence-corrected chi connectivity index (χ2v) is 15.8. The van der Waals surface area contributed by atoms with E-state index in [0.29, 0.717) is 30.3 Å². The third-order valence-electron chi connectivity index (χ3n) is 7.80. The van der Waals surface area contributed by atoms with Gasteiger partial charge in [-0.3, -0.25) is 18.6 Å². The Morgan fingerprint density at radius 2 is 1.02 bits per heavy atom. The summed E-state index contributed by atoms with van der Waals surface area (Å²) in [5, 5.41) is 0. The van der Waals surface area contributed by atoms with Crippen LogP contribution >= 0.6 is 7.82 Å². The molecule has 0 aliphatic rings. The topological polar surface area (TPSA) is 108 Å². The van der Waals surface area contributed by atoms with Gasteiger partial charge in [-0.2, -0.15) is 0 Å². The summed E-state index contributed by atoms with van der Waals surface area (Å²) in [6, 6.07) is 0. The molecule has 0 bridgehead atoms. The first-order chi connectivity index (χ1) is 28.0. The number of phosphoric acid groups is 1. The van der Waals surface area contributed by atoms with Crippen LogP contribution in [0, 0.1) is 0 Å². The molecule has 0 aliphatic heterocycles. The molecule has 0 amide bonds. The number of likely N-dealkylation sites (N-methyl/N-ethyl adjacent to an activating group) is 1. The molecule has 0 fully saturated rings. The van der Waals surface area contributed by atoms with Crippen molar-refractivity contribution in [2.24, 2.45) is 0 Å². The summed E-state index contributed by atoms with van der Waals surface area (Å²) in [5.41, 5.74) is 0. The van der Waals surface area contributed by atoms with Crippen LogP contribution in [0.3, 0.4) is 0 Å². The number of esters is 2. The van der Waals surface area contributed by atoms with Gasteiger partial charge in [-0.1, -0.05) is 148 Å². The van der Waals surface area contributed by atoms with Crippen molar-refractivity contribution in [2.75, 3.05) is 47.5 Å². The summed E-state index contributed by atoms with van der Waals surface area (Å²) in [6.07, 6.45) is 55.2. The molecule has 0 heterocycles. The maximum atomic E-state index is 12.6. The lowest BCUT2D eigenvalue weighted by Crippen LogP contribution is -2.37. The molecule has 0 aromatic heterocycles. The number of hydrogen-bond donors (Lipinski definition) is 1. The van der Waals surface area contributed by atoms with E-state index in [1.54, 1.807) is 0 Å².